The van der Waals surface area contributed by atoms with Crippen molar-refractivity contribution in [1.29, 1.82) is 0 Å². The van der Waals surface area contributed by atoms with Gasteiger partial charge < -0.3 is 15.4 Å². The van der Waals surface area contributed by atoms with E-state index in [1.54, 1.807) is 7.11 Å². The molecule has 1 unspecified atom stereocenters. The van der Waals surface area contributed by atoms with Crippen LogP contribution in [-0.2, 0) is 16.1 Å². The Hall–Kier alpha value is -0.850. The van der Waals surface area contributed by atoms with Crippen molar-refractivity contribution in [2.75, 3.05) is 40.4 Å². The summed E-state index contributed by atoms with van der Waals surface area (Å²) >= 11 is 0. The molecule has 2 N–H and O–H groups in total. The summed E-state index contributed by atoms with van der Waals surface area (Å²) in [6, 6.07) is 10.6. The number of hydrogen-bond donors (Lipinski definition) is 2. The van der Waals surface area contributed by atoms with Gasteiger partial charge in [0.25, 0.3) is 0 Å². The molecule has 0 aromatic heterocycles. The van der Waals surface area contributed by atoms with Crippen LogP contribution < -0.4 is 10.6 Å². The van der Waals surface area contributed by atoms with Crippen LogP contribution in [0.4, 0.5) is 0 Å². The number of carbonyl (C=O) groups is 1. The monoisotopic (exact) mass is 365 g/mol. The van der Waals surface area contributed by atoms with Gasteiger partial charge in [0.15, 0.2) is 0 Å². The van der Waals surface area contributed by atoms with Crippen LogP contribution >= 0.6 is 24.8 Å². The number of hydrogen-bond acceptors (Lipinski definition) is 4. The molecule has 0 saturated carbocycles. The second kappa shape index (κ2) is 14.7. The van der Waals surface area contributed by atoms with Crippen LogP contribution in [0.15, 0.2) is 30.3 Å². The number of benzene rings is 1. The number of ether oxygens (including phenoxy) is 1. The number of amides is 1. The van der Waals surface area contributed by atoms with Crippen LogP contribution in [0.2, 0.25) is 0 Å². The Labute approximate surface area is 152 Å². The predicted octanol–water partition coefficient (Wildman–Crippen LogP) is 1.70. The smallest absolute Gasteiger partial charge is 0.234 e. The van der Waals surface area contributed by atoms with Crippen molar-refractivity contribution in [2.24, 2.45) is 0 Å². The van der Waals surface area contributed by atoms with E-state index < -0.39 is 0 Å². The van der Waals surface area contributed by atoms with Gasteiger partial charge in [-0.15, -0.1) is 24.8 Å². The van der Waals surface area contributed by atoms with Gasteiger partial charge in [-0.05, 0) is 19.5 Å². The highest BCUT2D eigenvalue weighted by atomic mass is 35.5. The lowest BCUT2D eigenvalue weighted by molar-refractivity contribution is -0.120. The molecule has 134 valence electrons. The molecule has 23 heavy (non-hydrogen) atoms. The molecule has 0 bridgehead atoms. The fraction of sp³-hybridized carbons (Fsp3) is 0.562. The quantitative estimate of drug-likeness (QED) is 0.619. The van der Waals surface area contributed by atoms with Gasteiger partial charge in [0.1, 0.15) is 0 Å². The van der Waals surface area contributed by atoms with Crippen LogP contribution in [0, 0.1) is 0 Å². The van der Waals surface area contributed by atoms with Crippen molar-refractivity contribution in [2.45, 2.75) is 19.5 Å². The molecular formula is C16H29Cl2N3O2. The minimum absolute atomic E-state index is 0. The van der Waals surface area contributed by atoms with Crippen molar-refractivity contribution in [1.82, 2.24) is 15.5 Å². The van der Waals surface area contributed by atoms with Crippen LogP contribution in [-0.4, -0.2) is 57.2 Å². The zero-order valence-corrected chi connectivity index (χ0v) is 15.7. The van der Waals surface area contributed by atoms with Gasteiger partial charge >= 0.3 is 0 Å². The average molecular weight is 366 g/mol. The van der Waals surface area contributed by atoms with Gasteiger partial charge in [0.2, 0.25) is 5.91 Å². The first-order valence-corrected chi connectivity index (χ1v) is 7.34. The molecule has 1 aromatic rings. The summed E-state index contributed by atoms with van der Waals surface area (Å²) < 4.78 is 4.91. The normalized spacial score (nSPS) is 11.3. The predicted molar refractivity (Wildman–Crippen MR) is 99.6 cm³/mol. The third-order valence-electron chi connectivity index (χ3n) is 3.39. The Morgan fingerprint density at radius 1 is 1.26 bits per heavy atom. The zero-order chi connectivity index (χ0) is 15.5. The summed E-state index contributed by atoms with van der Waals surface area (Å²) in [6.07, 6.45) is 0. The van der Waals surface area contributed by atoms with Crippen molar-refractivity contribution in [3.8, 4) is 0 Å². The number of methoxy groups -OCH3 is 1. The molecule has 0 aliphatic heterocycles. The maximum Gasteiger partial charge on any atom is 0.234 e. The Balaban J connectivity index is 0. The maximum atomic E-state index is 11.7. The lowest BCUT2D eigenvalue weighted by atomic mass is 10.2. The number of nitrogens with zero attached hydrogens (tertiary/aromatic N) is 1. The maximum absolute atomic E-state index is 11.7. The van der Waals surface area contributed by atoms with Gasteiger partial charge in [-0.2, -0.15) is 0 Å². The SMILES string of the molecule is COCCNCC(=O)NCC(C)N(C)Cc1ccccc1.Cl.Cl. The Morgan fingerprint density at radius 2 is 1.91 bits per heavy atom. The molecule has 0 fully saturated rings. The van der Waals surface area contributed by atoms with E-state index in [4.69, 9.17) is 4.74 Å². The summed E-state index contributed by atoms with van der Waals surface area (Å²) in [5, 5.41) is 5.97. The molecular weight excluding hydrogens is 337 g/mol. The first kappa shape index (κ1) is 24.4. The third-order valence-corrected chi connectivity index (χ3v) is 3.39. The van der Waals surface area contributed by atoms with E-state index >= 15 is 0 Å². The van der Waals surface area contributed by atoms with Gasteiger partial charge in [-0.3, -0.25) is 9.69 Å². The second-order valence-corrected chi connectivity index (χ2v) is 5.22. The standard InChI is InChI=1S/C16H27N3O2.2ClH/c1-14(11-18-16(20)12-17-9-10-21-3)19(2)13-15-7-5-4-6-8-15;;/h4-8,14,17H,9-13H2,1-3H3,(H,18,20);2*1H. The first-order valence-electron chi connectivity index (χ1n) is 7.34. The van der Waals surface area contributed by atoms with E-state index in [0.717, 1.165) is 6.54 Å². The van der Waals surface area contributed by atoms with Crippen molar-refractivity contribution < 1.29 is 9.53 Å². The van der Waals surface area contributed by atoms with E-state index in [0.29, 0.717) is 26.2 Å². The number of halogens is 2. The van der Waals surface area contributed by atoms with E-state index in [1.165, 1.54) is 5.56 Å². The van der Waals surface area contributed by atoms with Gasteiger partial charge in [-0.1, -0.05) is 30.3 Å². The minimum Gasteiger partial charge on any atom is -0.383 e. The average Bonchev–Trinajstić information content (AvgIpc) is 2.50. The molecule has 0 aliphatic carbocycles. The van der Waals surface area contributed by atoms with Gasteiger partial charge in [0, 0.05) is 32.8 Å². The number of likely N-dealkylation sites (N-methyl/N-ethyl adjacent to an activating group) is 1. The lowest BCUT2D eigenvalue weighted by Crippen LogP contribution is -2.43. The largest absolute Gasteiger partial charge is 0.383 e. The molecule has 0 spiro atoms. The molecule has 1 aromatic carbocycles. The van der Waals surface area contributed by atoms with Crippen molar-refractivity contribution in [3.05, 3.63) is 35.9 Å². The molecule has 0 radical (unpaired) electrons. The van der Waals surface area contributed by atoms with Crippen LogP contribution in [0.1, 0.15) is 12.5 Å². The summed E-state index contributed by atoms with van der Waals surface area (Å²) in [5.41, 5.74) is 1.28. The Kier molecular flexibility index (Phi) is 15.6. The molecule has 5 nitrogen and oxygen atoms in total. The fourth-order valence-corrected chi connectivity index (χ4v) is 1.88. The lowest BCUT2D eigenvalue weighted by Gasteiger charge is -2.25. The van der Waals surface area contributed by atoms with Crippen LogP contribution in [0.3, 0.4) is 0 Å². The van der Waals surface area contributed by atoms with Gasteiger partial charge in [0.05, 0.1) is 13.2 Å². The highest BCUT2D eigenvalue weighted by molar-refractivity contribution is 5.85. The van der Waals surface area contributed by atoms with E-state index in [9.17, 15) is 4.79 Å². The highest BCUT2D eigenvalue weighted by Crippen LogP contribution is 2.05. The summed E-state index contributed by atoms with van der Waals surface area (Å²) in [6.45, 7) is 5.27. The van der Waals surface area contributed by atoms with E-state index in [1.807, 2.05) is 18.2 Å². The van der Waals surface area contributed by atoms with Crippen LogP contribution in [0.5, 0.6) is 0 Å². The van der Waals surface area contributed by atoms with Crippen molar-refractivity contribution in [3.63, 3.8) is 0 Å². The van der Waals surface area contributed by atoms with E-state index in [-0.39, 0.29) is 36.8 Å². The second-order valence-electron chi connectivity index (χ2n) is 5.22. The number of rotatable bonds is 10. The highest BCUT2D eigenvalue weighted by Gasteiger charge is 2.10. The first-order chi connectivity index (χ1) is 10.1. The molecule has 1 atom stereocenters. The molecule has 0 aliphatic rings. The Morgan fingerprint density at radius 3 is 2.52 bits per heavy atom. The molecule has 1 amide bonds. The van der Waals surface area contributed by atoms with Crippen molar-refractivity contribution >= 4 is 30.7 Å². The van der Waals surface area contributed by atoms with E-state index in [2.05, 4.69) is 41.6 Å². The minimum atomic E-state index is 0. The Bertz CT molecular complexity index is 408. The topological polar surface area (TPSA) is 53.6 Å². The summed E-state index contributed by atoms with van der Waals surface area (Å²) in [5.74, 6) is 0.0195. The molecule has 7 heteroatoms. The molecule has 0 heterocycles. The number of carbonyl (C=O) groups excluding carboxylic acids is 1. The number of nitrogens with one attached hydrogen (secondary N) is 2. The third kappa shape index (κ3) is 11.3. The molecule has 0 saturated heterocycles. The summed E-state index contributed by atoms with van der Waals surface area (Å²) in [7, 11) is 3.71. The molecule has 1 rings (SSSR count). The zero-order valence-electron chi connectivity index (χ0n) is 14.1. The fourth-order valence-electron chi connectivity index (χ4n) is 1.88. The van der Waals surface area contributed by atoms with Crippen LogP contribution in [0.25, 0.3) is 0 Å². The van der Waals surface area contributed by atoms with Gasteiger partial charge in [-0.25, -0.2) is 0 Å². The summed E-state index contributed by atoms with van der Waals surface area (Å²) in [4.78, 5) is 13.9.